The van der Waals surface area contributed by atoms with E-state index in [1.54, 1.807) is 19.4 Å². The number of aryl methyl sites for hydroxylation is 1. The molecule has 0 spiro atoms. The van der Waals surface area contributed by atoms with Gasteiger partial charge in [-0.2, -0.15) is 0 Å². The Morgan fingerprint density at radius 3 is 2.31 bits per heavy atom. The van der Waals surface area contributed by atoms with Gasteiger partial charge in [0.15, 0.2) is 0 Å². The molecular weight excluding hydrogens is 352 g/mol. The molecule has 7 nitrogen and oxygen atoms in total. The lowest BCUT2D eigenvalue weighted by molar-refractivity contribution is 0.0294. The second kappa shape index (κ2) is 8.90. The lowest BCUT2D eigenvalue weighted by Gasteiger charge is -2.27. The van der Waals surface area contributed by atoms with E-state index in [4.69, 9.17) is 4.74 Å². The van der Waals surface area contributed by atoms with Gasteiger partial charge in [0.25, 0.3) is 0 Å². The molecule has 8 heteroatoms. The van der Waals surface area contributed by atoms with Crippen molar-refractivity contribution in [1.82, 2.24) is 19.6 Å². The number of carbonyl (C=O) groups is 1. The van der Waals surface area contributed by atoms with Gasteiger partial charge >= 0.3 is 6.09 Å². The highest BCUT2D eigenvalue weighted by atomic mass is 32.2. The number of aromatic nitrogens is 2. The molecule has 1 heterocycles. The van der Waals surface area contributed by atoms with E-state index in [1.165, 1.54) is 4.90 Å². The van der Waals surface area contributed by atoms with E-state index in [9.17, 15) is 9.00 Å². The molecule has 1 amide bonds. The van der Waals surface area contributed by atoms with Gasteiger partial charge in [-0.3, -0.25) is 9.97 Å². The van der Waals surface area contributed by atoms with Crippen molar-refractivity contribution in [2.75, 3.05) is 13.6 Å². The predicted octanol–water partition coefficient (Wildman–Crippen LogP) is 3.13. The third kappa shape index (κ3) is 7.78. The minimum Gasteiger partial charge on any atom is -0.444 e. The van der Waals surface area contributed by atoms with E-state index in [1.807, 2.05) is 48.5 Å². The monoisotopic (exact) mass is 384 g/mol. The third-order valence-electron chi connectivity index (χ3n) is 3.42. The Morgan fingerprint density at radius 2 is 1.85 bits per heavy atom. The number of nitrogens with zero attached hydrogens (tertiary/aromatic N) is 3. The maximum absolute atomic E-state index is 12.5. The Kier molecular flexibility index (Phi) is 7.70. The van der Waals surface area contributed by atoms with Gasteiger partial charge in [0.2, 0.25) is 0 Å². The van der Waals surface area contributed by atoms with Crippen molar-refractivity contribution in [3.8, 4) is 0 Å². The van der Waals surface area contributed by atoms with E-state index in [0.29, 0.717) is 18.7 Å². The number of hydrogen-bond acceptors (Lipinski definition) is 5. The van der Waals surface area contributed by atoms with Gasteiger partial charge in [0.1, 0.15) is 5.60 Å². The normalized spacial score (nSPS) is 14.6. The molecule has 148 valence electrons. The lowest BCUT2D eigenvalue weighted by atomic mass is 10.1. The summed E-state index contributed by atoms with van der Waals surface area (Å²) in [5.41, 5.74) is 0.972. The van der Waals surface area contributed by atoms with Crippen LogP contribution in [0.3, 0.4) is 0 Å². The van der Waals surface area contributed by atoms with Gasteiger partial charge in [-0.1, -0.05) is 0 Å². The van der Waals surface area contributed by atoms with Gasteiger partial charge in [-0.05, 0) is 54.9 Å². The van der Waals surface area contributed by atoms with Gasteiger partial charge in [0, 0.05) is 19.8 Å². The summed E-state index contributed by atoms with van der Waals surface area (Å²) in [6.07, 6.45) is 3.51. The summed E-state index contributed by atoms with van der Waals surface area (Å²) in [5.74, 6) is 0. The van der Waals surface area contributed by atoms with Crippen LogP contribution >= 0.6 is 0 Å². The summed E-state index contributed by atoms with van der Waals surface area (Å²) in [7, 11) is 0.420. The van der Waals surface area contributed by atoms with Gasteiger partial charge < -0.3 is 9.64 Å². The van der Waals surface area contributed by atoms with Crippen molar-refractivity contribution < 1.29 is 13.7 Å². The molecule has 2 atom stereocenters. The molecule has 0 aliphatic rings. The number of rotatable bonds is 6. The van der Waals surface area contributed by atoms with Crippen molar-refractivity contribution in [3.05, 3.63) is 23.8 Å². The van der Waals surface area contributed by atoms with Gasteiger partial charge in [0.05, 0.1) is 39.4 Å². The first-order valence-corrected chi connectivity index (χ1v) is 9.85. The second-order valence-electron chi connectivity index (χ2n) is 8.32. The number of amides is 1. The quantitative estimate of drug-likeness (QED) is 0.814. The smallest absolute Gasteiger partial charge is 0.410 e. The Hall–Kier alpha value is -1.54. The van der Waals surface area contributed by atoms with Crippen LogP contribution in [-0.4, -0.2) is 49.1 Å². The van der Waals surface area contributed by atoms with Crippen molar-refractivity contribution >= 4 is 17.1 Å². The zero-order valence-electron chi connectivity index (χ0n) is 17.1. The van der Waals surface area contributed by atoms with Crippen LogP contribution in [0.5, 0.6) is 0 Å². The molecule has 1 aromatic heterocycles. The number of ether oxygens (including phenoxy) is 1. The van der Waals surface area contributed by atoms with Gasteiger partial charge in [-0.15, -0.1) is 0 Å². The third-order valence-corrected chi connectivity index (χ3v) is 5.03. The van der Waals surface area contributed by atoms with Crippen LogP contribution in [0.15, 0.2) is 12.4 Å². The highest BCUT2D eigenvalue weighted by molar-refractivity contribution is 7.84. The molecule has 0 saturated carbocycles. The number of nitrogens with one attached hydrogen (secondary N) is 1. The highest BCUT2D eigenvalue weighted by Crippen LogP contribution is 2.19. The predicted molar refractivity (Wildman–Crippen MR) is 104 cm³/mol. The zero-order chi connectivity index (χ0) is 20.1. The van der Waals surface area contributed by atoms with Crippen LogP contribution in [0.25, 0.3) is 0 Å². The van der Waals surface area contributed by atoms with E-state index in [-0.39, 0.29) is 12.1 Å². The van der Waals surface area contributed by atoms with Gasteiger partial charge in [-0.25, -0.2) is 13.7 Å². The molecule has 0 aliphatic heterocycles. The number of hydrogen-bond donors (Lipinski definition) is 1. The molecular formula is C18H32N4O3S. The van der Waals surface area contributed by atoms with Crippen LogP contribution in [0, 0.1) is 6.92 Å². The Morgan fingerprint density at radius 1 is 1.23 bits per heavy atom. The standard InChI is InChI=1S/C18H32N4O3S/c1-13-11-20-15(12-19-13)14(21-26(24)18(5,6)7)9-10-22(8)16(23)25-17(2,3)4/h11-12,14,21H,9-10H2,1-8H3/t14?,26-/m1/s1. The van der Waals surface area contributed by atoms with E-state index >= 15 is 0 Å². The molecule has 1 rings (SSSR count). The summed E-state index contributed by atoms with van der Waals surface area (Å²) in [6, 6.07) is -0.284. The number of carbonyl (C=O) groups excluding carboxylic acids is 1. The first-order chi connectivity index (χ1) is 11.8. The first kappa shape index (κ1) is 22.5. The van der Waals surface area contributed by atoms with Crippen LogP contribution in [0.2, 0.25) is 0 Å². The second-order valence-corrected chi connectivity index (χ2v) is 10.3. The van der Waals surface area contributed by atoms with Crippen molar-refractivity contribution in [3.63, 3.8) is 0 Å². The fourth-order valence-electron chi connectivity index (χ4n) is 1.91. The molecule has 0 aromatic carbocycles. The lowest BCUT2D eigenvalue weighted by Crippen LogP contribution is -2.39. The molecule has 0 radical (unpaired) electrons. The highest BCUT2D eigenvalue weighted by Gasteiger charge is 2.26. The minimum atomic E-state index is -1.27. The maximum atomic E-state index is 12.5. The summed E-state index contributed by atoms with van der Waals surface area (Å²) in [6.45, 7) is 13.5. The minimum absolute atomic E-state index is 0.284. The Balaban J connectivity index is 2.84. The van der Waals surface area contributed by atoms with Crippen LogP contribution < -0.4 is 4.72 Å². The largest absolute Gasteiger partial charge is 0.444 e. The molecule has 0 aliphatic carbocycles. The summed E-state index contributed by atoms with van der Waals surface area (Å²) in [4.78, 5) is 22.3. The summed E-state index contributed by atoms with van der Waals surface area (Å²) < 4.78 is 20.6. The molecule has 1 unspecified atom stereocenters. The molecule has 1 N–H and O–H groups in total. The SMILES string of the molecule is Cc1cnc(C(CCN(C)C(=O)OC(C)(C)C)N[S@](=O)C(C)(C)C)cn1. The van der Waals surface area contributed by atoms with Crippen LogP contribution in [0.4, 0.5) is 4.79 Å². The Bertz CT molecular complexity index is 621. The molecule has 0 saturated heterocycles. The molecule has 0 fully saturated rings. The van der Waals surface area contributed by atoms with E-state index in [2.05, 4.69) is 14.7 Å². The average Bonchev–Trinajstić information content (AvgIpc) is 2.49. The molecule has 1 aromatic rings. The summed E-state index contributed by atoms with van der Waals surface area (Å²) in [5, 5.41) is 0. The first-order valence-electron chi connectivity index (χ1n) is 8.70. The van der Waals surface area contributed by atoms with Crippen molar-refractivity contribution in [2.24, 2.45) is 0 Å². The van der Waals surface area contributed by atoms with E-state index < -0.39 is 21.3 Å². The van der Waals surface area contributed by atoms with Crippen LogP contribution in [-0.2, 0) is 15.7 Å². The van der Waals surface area contributed by atoms with Crippen molar-refractivity contribution in [2.45, 2.75) is 71.3 Å². The molecule has 0 bridgehead atoms. The summed E-state index contributed by atoms with van der Waals surface area (Å²) >= 11 is 0. The fourth-order valence-corrected chi connectivity index (χ4v) is 2.76. The average molecular weight is 385 g/mol. The van der Waals surface area contributed by atoms with Crippen LogP contribution in [0.1, 0.15) is 65.4 Å². The Labute approximate surface area is 159 Å². The maximum Gasteiger partial charge on any atom is 0.410 e. The van der Waals surface area contributed by atoms with Crippen molar-refractivity contribution in [1.29, 1.82) is 0 Å². The topological polar surface area (TPSA) is 84.4 Å². The fraction of sp³-hybridized carbons (Fsp3) is 0.722. The molecule has 26 heavy (non-hydrogen) atoms. The zero-order valence-corrected chi connectivity index (χ0v) is 17.9. The van der Waals surface area contributed by atoms with E-state index in [0.717, 1.165) is 5.69 Å².